The molecule has 0 saturated carbocycles. The van der Waals surface area contributed by atoms with Crippen LogP contribution in [0.2, 0.25) is 5.02 Å². The fourth-order valence-corrected chi connectivity index (χ4v) is 4.46. The molecular formula is C19H22ClN5O2. The van der Waals surface area contributed by atoms with Crippen LogP contribution in [-0.4, -0.2) is 41.1 Å². The minimum atomic E-state index is -0.134. The highest BCUT2D eigenvalue weighted by Crippen LogP contribution is 2.44. The van der Waals surface area contributed by atoms with E-state index in [0.29, 0.717) is 35.5 Å². The molecule has 1 aliphatic heterocycles. The molecule has 3 N–H and O–H groups in total. The first-order valence-corrected chi connectivity index (χ1v) is 9.40. The van der Waals surface area contributed by atoms with Gasteiger partial charge in [0.1, 0.15) is 5.75 Å². The molecule has 0 bridgehead atoms. The minimum Gasteiger partial charge on any atom is -0.495 e. The number of rotatable bonds is 2. The Kier molecular flexibility index (Phi) is 4.55. The van der Waals surface area contributed by atoms with Gasteiger partial charge in [-0.05, 0) is 49.4 Å². The van der Waals surface area contributed by atoms with Crippen molar-refractivity contribution < 1.29 is 9.53 Å². The molecule has 2 amide bonds. The second kappa shape index (κ2) is 6.88. The molecule has 1 fully saturated rings. The van der Waals surface area contributed by atoms with Crippen molar-refractivity contribution in [2.24, 2.45) is 0 Å². The van der Waals surface area contributed by atoms with E-state index in [1.165, 1.54) is 0 Å². The summed E-state index contributed by atoms with van der Waals surface area (Å²) in [5.74, 6) is 0.871. The van der Waals surface area contributed by atoms with Gasteiger partial charge in [0.25, 0.3) is 0 Å². The van der Waals surface area contributed by atoms with E-state index >= 15 is 0 Å². The van der Waals surface area contributed by atoms with Gasteiger partial charge >= 0.3 is 6.03 Å². The molecule has 4 rings (SSSR count). The number of hydrogen-bond acceptors (Lipinski definition) is 5. The second-order valence-electron chi connectivity index (χ2n) is 7.19. The van der Waals surface area contributed by atoms with Gasteiger partial charge in [-0.25, -0.2) is 14.8 Å². The van der Waals surface area contributed by atoms with Gasteiger partial charge < -0.3 is 20.7 Å². The number of aryl methyl sites for hydroxylation is 1. The van der Waals surface area contributed by atoms with Gasteiger partial charge in [-0.2, -0.15) is 0 Å². The predicted molar refractivity (Wildman–Crippen MR) is 104 cm³/mol. The molecular weight excluding hydrogens is 366 g/mol. The number of nitrogen functional groups attached to an aromatic ring is 1. The third kappa shape index (κ3) is 3.27. The highest BCUT2D eigenvalue weighted by atomic mass is 35.5. The number of anilines is 2. The Morgan fingerprint density at radius 3 is 3.04 bits per heavy atom. The van der Waals surface area contributed by atoms with Crippen LogP contribution in [0.3, 0.4) is 0 Å². The number of nitrogens with two attached hydrogens (primary N) is 1. The number of fused-ring (bicyclic) bond motifs is 2. The summed E-state index contributed by atoms with van der Waals surface area (Å²) in [6.07, 6.45) is 5.66. The first-order valence-electron chi connectivity index (χ1n) is 9.02. The number of aromatic nitrogens is 2. The molecule has 1 aromatic heterocycles. The quantitative estimate of drug-likeness (QED) is 0.825. The fraction of sp³-hybridized carbons (Fsp3) is 0.421. The highest BCUT2D eigenvalue weighted by Gasteiger charge is 2.44. The third-order valence-corrected chi connectivity index (χ3v) is 5.82. The smallest absolute Gasteiger partial charge is 0.321 e. The van der Waals surface area contributed by atoms with Crippen molar-refractivity contribution >= 4 is 29.3 Å². The van der Waals surface area contributed by atoms with Gasteiger partial charge in [0.05, 0.1) is 17.8 Å². The SMILES string of the molecule is COc1ccc(NC(=O)N2CCCC3(CCc4cnc(N)nc43)C2)cc1Cl. The van der Waals surface area contributed by atoms with Crippen LogP contribution in [0.1, 0.15) is 30.5 Å². The number of carbonyl (C=O) groups is 1. The lowest BCUT2D eigenvalue weighted by Gasteiger charge is -2.40. The number of hydrogen-bond donors (Lipinski definition) is 2. The van der Waals surface area contributed by atoms with Crippen LogP contribution in [-0.2, 0) is 11.8 Å². The van der Waals surface area contributed by atoms with Crippen molar-refractivity contribution in [1.29, 1.82) is 0 Å². The maximum absolute atomic E-state index is 12.8. The van der Waals surface area contributed by atoms with E-state index in [0.717, 1.165) is 36.9 Å². The molecule has 1 saturated heterocycles. The van der Waals surface area contributed by atoms with E-state index < -0.39 is 0 Å². The van der Waals surface area contributed by atoms with Crippen LogP contribution >= 0.6 is 11.6 Å². The number of nitrogens with zero attached hydrogens (tertiary/aromatic N) is 3. The molecule has 1 spiro atoms. The normalized spacial score (nSPS) is 21.2. The first-order chi connectivity index (χ1) is 13.0. The Labute approximate surface area is 162 Å². The van der Waals surface area contributed by atoms with E-state index in [1.54, 1.807) is 25.3 Å². The average Bonchev–Trinajstić information content (AvgIpc) is 2.99. The summed E-state index contributed by atoms with van der Waals surface area (Å²) in [7, 11) is 1.56. The van der Waals surface area contributed by atoms with Crippen LogP contribution in [0.5, 0.6) is 5.75 Å². The van der Waals surface area contributed by atoms with Crippen LogP contribution in [0.15, 0.2) is 24.4 Å². The lowest BCUT2D eigenvalue weighted by Crippen LogP contribution is -2.49. The molecule has 2 aromatic rings. The largest absolute Gasteiger partial charge is 0.495 e. The first kappa shape index (κ1) is 17.9. The molecule has 0 radical (unpaired) electrons. The van der Waals surface area contributed by atoms with Crippen LogP contribution in [0.4, 0.5) is 16.4 Å². The van der Waals surface area contributed by atoms with E-state index in [9.17, 15) is 4.79 Å². The number of benzene rings is 1. The highest BCUT2D eigenvalue weighted by molar-refractivity contribution is 6.32. The van der Waals surface area contributed by atoms with Gasteiger partial charge in [0.2, 0.25) is 5.95 Å². The van der Waals surface area contributed by atoms with Crippen LogP contribution < -0.4 is 15.8 Å². The molecule has 2 aliphatic rings. The number of amides is 2. The molecule has 8 heteroatoms. The molecule has 7 nitrogen and oxygen atoms in total. The van der Waals surface area contributed by atoms with Gasteiger partial charge in [-0.1, -0.05) is 11.6 Å². The predicted octanol–water partition coefficient (Wildman–Crippen LogP) is 3.23. The maximum Gasteiger partial charge on any atom is 0.321 e. The summed E-state index contributed by atoms with van der Waals surface area (Å²) < 4.78 is 5.15. The Morgan fingerprint density at radius 2 is 2.26 bits per heavy atom. The summed E-state index contributed by atoms with van der Waals surface area (Å²) in [6.45, 7) is 1.35. The van der Waals surface area contributed by atoms with Crippen molar-refractivity contribution in [2.75, 3.05) is 31.2 Å². The number of urea groups is 1. The molecule has 142 valence electrons. The number of halogens is 1. The van der Waals surface area contributed by atoms with Gasteiger partial charge in [-0.3, -0.25) is 0 Å². The Morgan fingerprint density at radius 1 is 1.41 bits per heavy atom. The van der Waals surface area contributed by atoms with E-state index in [-0.39, 0.29) is 11.4 Å². The summed E-state index contributed by atoms with van der Waals surface area (Å²) in [4.78, 5) is 23.3. The monoisotopic (exact) mass is 387 g/mol. The third-order valence-electron chi connectivity index (χ3n) is 5.53. The Balaban J connectivity index is 1.52. The van der Waals surface area contributed by atoms with Gasteiger partial charge in [-0.15, -0.1) is 0 Å². The molecule has 1 unspecified atom stereocenters. The number of piperidine rings is 1. The average molecular weight is 388 g/mol. The van der Waals surface area contributed by atoms with E-state index in [2.05, 4.69) is 15.3 Å². The zero-order valence-corrected chi connectivity index (χ0v) is 15.9. The summed E-state index contributed by atoms with van der Waals surface area (Å²) in [5.41, 5.74) is 8.49. The number of carbonyl (C=O) groups excluding carboxylic acids is 1. The molecule has 1 aromatic carbocycles. The fourth-order valence-electron chi connectivity index (χ4n) is 4.20. The van der Waals surface area contributed by atoms with Gasteiger partial charge in [0, 0.05) is 30.4 Å². The molecule has 1 aliphatic carbocycles. The Bertz CT molecular complexity index is 886. The number of ether oxygens (including phenoxy) is 1. The van der Waals surface area contributed by atoms with Crippen LogP contribution in [0.25, 0.3) is 0 Å². The number of nitrogens with one attached hydrogen (secondary N) is 1. The van der Waals surface area contributed by atoms with Crippen molar-refractivity contribution in [2.45, 2.75) is 31.1 Å². The zero-order valence-electron chi connectivity index (χ0n) is 15.2. The summed E-state index contributed by atoms with van der Waals surface area (Å²) >= 11 is 6.15. The van der Waals surface area contributed by atoms with E-state index in [4.69, 9.17) is 22.1 Å². The number of likely N-dealkylation sites (tertiary alicyclic amines) is 1. The topological polar surface area (TPSA) is 93.4 Å². The zero-order chi connectivity index (χ0) is 19.0. The van der Waals surface area contributed by atoms with Gasteiger partial charge in [0.15, 0.2) is 0 Å². The summed E-state index contributed by atoms with van der Waals surface area (Å²) in [6, 6.07) is 5.08. The summed E-state index contributed by atoms with van der Waals surface area (Å²) in [5, 5.41) is 3.40. The van der Waals surface area contributed by atoms with Crippen molar-refractivity contribution in [3.05, 3.63) is 40.7 Å². The number of methoxy groups -OCH3 is 1. The minimum absolute atomic E-state index is 0.125. The lowest BCUT2D eigenvalue weighted by atomic mass is 9.77. The standard InChI is InChI=1S/C19H22ClN5O2/c1-27-15-4-3-13(9-14(15)20)23-18(26)25-8-2-6-19(11-25)7-5-12-10-22-17(21)24-16(12)19/h3-4,9-10H,2,5-8,11H2,1H3,(H,23,26)(H2,21,22,24). The molecule has 2 heterocycles. The second-order valence-corrected chi connectivity index (χ2v) is 7.59. The maximum atomic E-state index is 12.8. The lowest BCUT2D eigenvalue weighted by molar-refractivity contribution is 0.157. The molecule has 1 atom stereocenters. The van der Waals surface area contributed by atoms with Crippen molar-refractivity contribution in [3.63, 3.8) is 0 Å². The van der Waals surface area contributed by atoms with Crippen molar-refractivity contribution in [1.82, 2.24) is 14.9 Å². The molecule has 27 heavy (non-hydrogen) atoms. The van der Waals surface area contributed by atoms with E-state index in [1.807, 2.05) is 11.1 Å². The Hall–Kier alpha value is -2.54. The van der Waals surface area contributed by atoms with Crippen molar-refractivity contribution in [3.8, 4) is 5.75 Å². The van der Waals surface area contributed by atoms with Crippen LogP contribution in [0, 0.1) is 0 Å².